The van der Waals surface area contributed by atoms with E-state index in [-0.39, 0.29) is 27.9 Å². The number of carboxylic acid groups (broad SMARTS) is 1. The molecule has 1 N–H and O–H groups in total. The molecule has 0 spiro atoms. The van der Waals surface area contributed by atoms with Crippen molar-refractivity contribution < 1.29 is 19.6 Å². The zero-order valence-electron chi connectivity index (χ0n) is 9.82. The number of pyridine rings is 1. The minimum Gasteiger partial charge on any atom is -0.478 e. The van der Waals surface area contributed by atoms with Gasteiger partial charge in [0, 0.05) is 17.3 Å². The van der Waals surface area contributed by atoms with Gasteiger partial charge >= 0.3 is 11.7 Å². The first-order valence-corrected chi connectivity index (χ1v) is 5.67. The van der Waals surface area contributed by atoms with Crippen molar-refractivity contribution in [1.82, 2.24) is 4.98 Å². The zero-order chi connectivity index (χ0) is 14.7. The van der Waals surface area contributed by atoms with Crippen molar-refractivity contribution in [1.29, 1.82) is 0 Å². The fourth-order valence-electron chi connectivity index (χ4n) is 1.46. The Bertz CT molecular complexity index is 689. The molecule has 0 aliphatic rings. The van der Waals surface area contributed by atoms with Gasteiger partial charge < -0.3 is 9.84 Å². The number of hydrogen-bond donors (Lipinski definition) is 1. The zero-order valence-corrected chi connectivity index (χ0v) is 10.6. The Labute approximate surface area is 117 Å². The lowest BCUT2D eigenvalue weighted by molar-refractivity contribution is -0.386. The van der Waals surface area contributed by atoms with E-state index in [4.69, 9.17) is 21.4 Å². The molecule has 0 radical (unpaired) electrons. The van der Waals surface area contributed by atoms with Crippen molar-refractivity contribution in [2.75, 3.05) is 0 Å². The molecule has 8 heteroatoms. The summed E-state index contributed by atoms with van der Waals surface area (Å²) < 4.78 is 5.23. The lowest BCUT2D eigenvalue weighted by atomic mass is 10.2. The van der Waals surface area contributed by atoms with Crippen LogP contribution in [-0.4, -0.2) is 21.0 Å². The average molecular weight is 295 g/mol. The summed E-state index contributed by atoms with van der Waals surface area (Å²) in [5.41, 5.74) is -0.573. The standard InChI is InChI=1S/C12H7ClN2O5/c13-7-3-4-10(8(6-7)12(16)17)20-11-9(15(18)19)2-1-5-14-11/h1-6H,(H,16,17). The first-order valence-electron chi connectivity index (χ1n) is 5.29. The number of benzene rings is 1. The summed E-state index contributed by atoms with van der Waals surface area (Å²) in [6.07, 6.45) is 1.30. The second-order valence-corrected chi connectivity index (χ2v) is 4.07. The van der Waals surface area contributed by atoms with Gasteiger partial charge in [-0.05, 0) is 24.3 Å². The predicted molar refractivity (Wildman–Crippen MR) is 69.4 cm³/mol. The van der Waals surface area contributed by atoms with Crippen LogP contribution in [-0.2, 0) is 0 Å². The van der Waals surface area contributed by atoms with Gasteiger partial charge in [0.25, 0.3) is 5.88 Å². The molecular weight excluding hydrogens is 288 g/mol. The molecule has 0 bridgehead atoms. The second kappa shape index (κ2) is 5.54. The maximum absolute atomic E-state index is 11.1. The Hall–Kier alpha value is -2.67. The monoisotopic (exact) mass is 294 g/mol. The van der Waals surface area contributed by atoms with Crippen LogP contribution in [0.25, 0.3) is 0 Å². The van der Waals surface area contributed by atoms with E-state index >= 15 is 0 Å². The first kappa shape index (κ1) is 13.8. The molecule has 0 amide bonds. The molecule has 20 heavy (non-hydrogen) atoms. The third-order valence-electron chi connectivity index (χ3n) is 2.33. The van der Waals surface area contributed by atoms with Gasteiger partial charge in [-0.1, -0.05) is 11.6 Å². The summed E-state index contributed by atoms with van der Waals surface area (Å²) in [5.74, 6) is -1.63. The molecule has 0 aliphatic heterocycles. The smallest absolute Gasteiger partial charge is 0.339 e. The van der Waals surface area contributed by atoms with Crippen LogP contribution in [0, 0.1) is 10.1 Å². The Morgan fingerprint density at radius 3 is 2.80 bits per heavy atom. The van der Waals surface area contributed by atoms with Crippen LogP contribution >= 0.6 is 11.6 Å². The molecule has 0 aliphatic carbocycles. The normalized spacial score (nSPS) is 10.1. The molecule has 2 rings (SSSR count). The molecule has 1 heterocycles. The minimum atomic E-state index is -1.26. The average Bonchev–Trinajstić information content (AvgIpc) is 2.41. The van der Waals surface area contributed by atoms with Crippen LogP contribution in [0.5, 0.6) is 11.6 Å². The minimum absolute atomic E-state index is 0.0799. The lowest BCUT2D eigenvalue weighted by Gasteiger charge is -2.08. The van der Waals surface area contributed by atoms with Gasteiger partial charge in [-0.3, -0.25) is 10.1 Å². The highest BCUT2D eigenvalue weighted by atomic mass is 35.5. The van der Waals surface area contributed by atoms with Gasteiger partial charge in [0.05, 0.1) is 4.92 Å². The molecule has 0 saturated heterocycles. The first-order chi connectivity index (χ1) is 9.49. The van der Waals surface area contributed by atoms with Crippen LogP contribution < -0.4 is 4.74 Å². The fraction of sp³-hybridized carbons (Fsp3) is 0. The molecule has 1 aromatic heterocycles. The lowest BCUT2D eigenvalue weighted by Crippen LogP contribution is -2.02. The number of carboxylic acids is 1. The van der Waals surface area contributed by atoms with Crippen LogP contribution in [0.4, 0.5) is 5.69 Å². The number of ether oxygens (including phenoxy) is 1. The Morgan fingerprint density at radius 1 is 1.40 bits per heavy atom. The van der Waals surface area contributed by atoms with Gasteiger partial charge in [-0.25, -0.2) is 9.78 Å². The van der Waals surface area contributed by atoms with Crippen molar-refractivity contribution in [2.45, 2.75) is 0 Å². The SMILES string of the molecule is O=C(O)c1cc(Cl)ccc1Oc1ncccc1[N+](=O)[O-]. The quantitative estimate of drug-likeness (QED) is 0.686. The molecule has 2 aromatic rings. The molecule has 0 fully saturated rings. The van der Waals surface area contributed by atoms with Crippen molar-refractivity contribution >= 4 is 23.3 Å². The fourth-order valence-corrected chi connectivity index (χ4v) is 1.63. The molecule has 0 unspecified atom stereocenters. The van der Waals surface area contributed by atoms with Crippen molar-refractivity contribution in [3.8, 4) is 11.6 Å². The highest BCUT2D eigenvalue weighted by molar-refractivity contribution is 6.31. The van der Waals surface area contributed by atoms with Crippen molar-refractivity contribution in [3.63, 3.8) is 0 Å². The van der Waals surface area contributed by atoms with E-state index < -0.39 is 10.9 Å². The summed E-state index contributed by atoms with van der Waals surface area (Å²) in [7, 11) is 0. The third kappa shape index (κ3) is 2.83. The number of aromatic nitrogens is 1. The van der Waals surface area contributed by atoms with E-state index in [9.17, 15) is 14.9 Å². The maximum Gasteiger partial charge on any atom is 0.339 e. The summed E-state index contributed by atoms with van der Waals surface area (Å²) in [6, 6.07) is 6.50. The third-order valence-corrected chi connectivity index (χ3v) is 2.56. The molecule has 102 valence electrons. The number of halogens is 1. The molecular formula is C12H7ClN2O5. The van der Waals surface area contributed by atoms with Crippen LogP contribution in [0.1, 0.15) is 10.4 Å². The number of nitro groups is 1. The summed E-state index contributed by atoms with van der Waals surface area (Å²) >= 11 is 5.70. The Balaban J connectivity index is 2.45. The van der Waals surface area contributed by atoms with Crippen LogP contribution in [0.2, 0.25) is 5.02 Å². The number of rotatable bonds is 4. The van der Waals surface area contributed by atoms with Gasteiger partial charge in [0.1, 0.15) is 11.3 Å². The largest absolute Gasteiger partial charge is 0.478 e. The topological polar surface area (TPSA) is 103 Å². The number of nitrogens with zero attached hydrogens (tertiary/aromatic N) is 2. The summed E-state index contributed by atoms with van der Waals surface area (Å²) in [6.45, 7) is 0. The molecule has 1 aromatic carbocycles. The van der Waals surface area contributed by atoms with Gasteiger partial charge in [-0.15, -0.1) is 0 Å². The number of hydrogen-bond acceptors (Lipinski definition) is 5. The van der Waals surface area contributed by atoms with Gasteiger partial charge in [0.2, 0.25) is 0 Å². The van der Waals surface area contributed by atoms with Crippen molar-refractivity contribution in [2.24, 2.45) is 0 Å². The van der Waals surface area contributed by atoms with E-state index in [1.165, 1.54) is 36.5 Å². The number of aromatic carboxylic acids is 1. The van der Waals surface area contributed by atoms with Crippen molar-refractivity contribution in [3.05, 3.63) is 57.2 Å². The van der Waals surface area contributed by atoms with Crippen LogP contribution in [0.15, 0.2) is 36.5 Å². The molecule has 7 nitrogen and oxygen atoms in total. The number of carbonyl (C=O) groups is 1. The summed E-state index contributed by atoms with van der Waals surface area (Å²) in [4.78, 5) is 25.0. The van der Waals surface area contributed by atoms with E-state index in [0.717, 1.165) is 0 Å². The van der Waals surface area contributed by atoms with Gasteiger partial charge in [-0.2, -0.15) is 0 Å². The van der Waals surface area contributed by atoms with Gasteiger partial charge in [0.15, 0.2) is 0 Å². The van der Waals surface area contributed by atoms with Crippen LogP contribution in [0.3, 0.4) is 0 Å². The highest BCUT2D eigenvalue weighted by Gasteiger charge is 2.19. The maximum atomic E-state index is 11.1. The highest BCUT2D eigenvalue weighted by Crippen LogP contribution is 2.31. The predicted octanol–water partition coefficient (Wildman–Crippen LogP) is 3.13. The Kier molecular flexibility index (Phi) is 3.81. The van der Waals surface area contributed by atoms with E-state index in [2.05, 4.69) is 4.98 Å². The second-order valence-electron chi connectivity index (χ2n) is 3.63. The van der Waals surface area contributed by atoms with E-state index in [1.807, 2.05) is 0 Å². The molecule has 0 atom stereocenters. The van der Waals surface area contributed by atoms with E-state index in [1.54, 1.807) is 0 Å². The molecule has 0 saturated carbocycles. The Morgan fingerprint density at radius 2 is 2.15 bits per heavy atom. The summed E-state index contributed by atoms with van der Waals surface area (Å²) in [5, 5.41) is 20.1. The van der Waals surface area contributed by atoms with E-state index in [0.29, 0.717) is 0 Å².